The van der Waals surface area contributed by atoms with Crippen molar-refractivity contribution in [3.05, 3.63) is 65.4 Å². The Kier molecular flexibility index (Phi) is 4.46. The highest BCUT2D eigenvalue weighted by Gasteiger charge is 2.43. The molecule has 0 saturated heterocycles. The monoisotopic (exact) mass is 412 g/mol. The number of nitrogens with zero attached hydrogens (tertiary/aromatic N) is 1. The molecule has 0 aliphatic carbocycles. The summed E-state index contributed by atoms with van der Waals surface area (Å²) in [6.07, 6.45) is 0. The van der Waals surface area contributed by atoms with Gasteiger partial charge in [-0.1, -0.05) is 18.2 Å². The summed E-state index contributed by atoms with van der Waals surface area (Å²) in [6, 6.07) is 12.5. The van der Waals surface area contributed by atoms with E-state index in [0.717, 1.165) is 15.3 Å². The van der Waals surface area contributed by atoms with Gasteiger partial charge in [0.15, 0.2) is 0 Å². The molecular weight excluding hydrogens is 392 g/mol. The van der Waals surface area contributed by atoms with E-state index in [9.17, 15) is 18.0 Å². The summed E-state index contributed by atoms with van der Waals surface area (Å²) in [5, 5.41) is 3.74. The molecule has 150 valence electrons. The highest BCUT2D eigenvalue weighted by atomic mass is 32.2. The molecule has 3 aromatic rings. The van der Waals surface area contributed by atoms with Gasteiger partial charge in [-0.2, -0.15) is 0 Å². The number of carbonyl (C=O) groups excluding carboxylic acids is 2. The molecule has 4 rings (SSSR count). The minimum Gasteiger partial charge on any atom is -0.459 e. The Morgan fingerprint density at radius 1 is 1.07 bits per heavy atom. The van der Waals surface area contributed by atoms with E-state index < -0.39 is 33.9 Å². The second-order valence-electron chi connectivity index (χ2n) is 7.29. The first-order valence-corrected chi connectivity index (χ1v) is 10.7. The first-order chi connectivity index (χ1) is 13.7. The Bertz CT molecular complexity index is 1210. The molecule has 29 heavy (non-hydrogen) atoms. The van der Waals surface area contributed by atoms with Gasteiger partial charge in [-0.25, -0.2) is 12.7 Å². The van der Waals surface area contributed by atoms with E-state index in [4.69, 9.17) is 4.42 Å². The smallest absolute Gasteiger partial charge is 0.269 e. The summed E-state index contributed by atoms with van der Waals surface area (Å²) in [5.41, 5.74) is 0.966. The van der Waals surface area contributed by atoms with Crippen molar-refractivity contribution in [3.63, 3.8) is 0 Å². The van der Waals surface area contributed by atoms with Gasteiger partial charge in [-0.15, -0.1) is 0 Å². The lowest BCUT2D eigenvalue weighted by Gasteiger charge is -2.18. The molecule has 0 radical (unpaired) electrons. The third kappa shape index (κ3) is 3.09. The van der Waals surface area contributed by atoms with Gasteiger partial charge in [0.05, 0.1) is 11.6 Å². The molecule has 1 aliphatic heterocycles. The van der Waals surface area contributed by atoms with Crippen LogP contribution in [0.3, 0.4) is 0 Å². The van der Waals surface area contributed by atoms with Crippen molar-refractivity contribution in [2.75, 3.05) is 0 Å². The van der Waals surface area contributed by atoms with E-state index in [1.807, 2.05) is 30.3 Å². The van der Waals surface area contributed by atoms with Gasteiger partial charge in [0.25, 0.3) is 21.8 Å². The van der Waals surface area contributed by atoms with Crippen LogP contribution in [0.1, 0.15) is 53.3 Å². The molecular formula is C21H20N2O5S. The Labute approximate surface area is 168 Å². The normalized spacial score (nSPS) is 16.3. The lowest BCUT2D eigenvalue weighted by atomic mass is 10.1. The quantitative estimate of drug-likeness (QED) is 0.708. The van der Waals surface area contributed by atoms with E-state index >= 15 is 0 Å². The molecule has 2 amide bonds. The largest absolute Gasteiger partial charge is 0.459 e. The maximum absolute atomic E-state index is 12.7. The summed E-state index contributed by atoms with van der Waals surface area (Å²) >= 11 is 0. The number of para-hydroxylation sites is 1. The third-order valence-corrected chi connectivity index (χ3v) is 6.90. The fourth-order valence-corrected chi connectivity index (χ4v) is 5.26. The van der Waals surface area contributed by atoms with E-state index in [2.05, 4.69) is 5.32 Å². The standard InChI is InChI=1S/C21H20N2O5S/c1-12(2)23-21(25)16-9-8-15(11-19(16)29(23,26)27)20(24)22-13(3)18-10-14-6-4-5-7-17(14)28-18/h4-13H,1-3H3,(H,22,24). The molecule has 8 heteroatoms. The number of amides is 2. The van der Waals surface area contributed by atoms with Crippen LogP contribution < -0.4 is 5.32 Å². The van der Waals surface area contributed by atoms with Crippen LogP contribution in [-0.2, 0) is 10.0 Å². The molecule has 1 unspecified atom stereocenters. The van der Waals surface area contributed by atoms with E-state index in [0.29, 0.717) is 5.76 Å². The van der Waals surface area contributed by atoms with Crippen molar-refractivity contribution in [1.29, 1.82) is 0 Å². The molecule has 0 bridgehead atoms. The summed E-state index contributed by atoms with van der Waals surface area (Å²) in [4.78, 5) is 25.0. The van der Waals surface area contributed by atoms with E-state index in [1.54, 1.807) is 20.8 Å². The van der Waals surface area contributed by atoms with Gasteiger partial charge in [-0.3, -0.25) is 9.59 Å². The first-order valence-electron chi connectivity index (χ1n) is 9.22. The zero-order valence-corrected chi connectivity index (χ0v) is 17.0. The fraction of sp³-hybridized carbons (Fsp3) is 0.238. The molecule has 1 aliphatic rings. The molecule has 0 fully saturated rings. The Hall–Kier alpha value is -3.13. The van der Waals surface area contributed by atoms with Crippen molar-refractivity contribution in [1.82, 2.24) is 9.62 Å². The maximum Gasteiger partial charge on any atom is 0.269 e. The zero-order chi connectivity index (χ0) is 20.9. The maximum atomic E-state index is 12.7. The van der Waals surface area contributed by atoms with Crippen LogP contribution >= 0.6 is 0 Å². The summed E-state index contributed by atoms with van der Waals surface area (Å²) in [5.74, 6) is -0.432. The SMILES string of the molecule is CC(NC(=O)c1ccc2c(c1)S(=O)(=O)N(C(C)C)C2=O)c1cc2ccccc2o1. The number of carbonyl (C=O) groups is 2. The molecule has 0 saturated carbocycles. The van der Waals surface area contributed by atoms with Gasteiger partial charge >= 0.3 is 0 Å². The van der Waals surface area contributed by atoms with Crippen LogP contribution in [0.4, 0.5) is 0 Å². The number of hydrogen-bond acceptors (Lipinski definition) is 5. The van der Waals surface area contributed by atoms with Crippen LogP contribution in [0, 0.1) is 0 Å². The summed E-state index contributed by atoms with van der Waals surface area (Å²) < 4.78 is 32.0. The van der Waals surface area contributed by atoms with Crippen molar-refractivity contribution >= 4 is 32.8 Å². The molecule has 1 N–H and O–H groups in total. The number of hydrogen-bond donors (Lipinski definition) is 1. The fourth-order valence-electron chi connectivity index (χ4n) is 3.47. The Morgan fingerprint density at radius 2 is 1.79 bits per heavy atom. The van der Waals surface area contributed by atoms with Crippen LogP contribution in [0.25, 0.3) is 11.0 Å². The molecule has 2 aromatic carbocycles. The molecule has 7 nitrogen and oxygen atoms in total. The van der Waals surface area contributed by atoms with Crippen LogP contribution in [0.5, 0.6) is 0 Å². The molecule has 1 atom stereocenters. The van der Waals surface area contributed by atoms with E-state index in [1.165, 1.54) is 18.2 Å². The highest BCUT2D eigenvalue weighted by molar-refractivity contribution is 7.90. The number of fused-ring (bicyclic) bond motifs is 2. The first kappa shape index (κ1) is 19.2. The molecule has 0 spiro atoms. The summed E-state index contributed by atoms with van der Waals surface area (Å²) in [7, 11) is -3.96. The average molecular weight is 412 g/mol. The lowest BCUT2D eigenvalue weighted by Crippen LogP contribution is -2.36. The topological polar surface area (TPSA) is 96.7 Å². The van der Waals surface area contributed by atoms with Crippen molar-refractivity contribution in [3.8, 4) is 0 Å². The number of rotatable bonds is 4. The number of nitrogens with one attached hydrogen (secondary N) is 1. The van der Waals surface area contributed by atoms with Gasteiger partial charge in [0.2, 0.25) is 0 Å². The zero-order valence-electron chi connectivity index (χ0n) is 16.2. The predicted octanol–water partition coefficient (Wildman–Crippen LogP) is 3.48. The number of furan rings is 1. The minimum absolute atomic E-state index is 0.0839. The third-order valence-electron chi connectivity index (χ3n) is 4.90. The molecule has 1 aromatic heterocycles. The van der Waals surface area contributed by atoms with E-state index in [-0.39, 0.29) is 16.0 Å². The highest BCUT2D eigenvalue weighted by Crippen LogP contribution is 2.32. The second-order valence-corrected chi connectivity index (χ2v) is 9.08. The van der Waals surface area contributed by atoms with Crippen molar-refractivity contribution in [2.45, 2.75) is 37.8 Å². The van der Waals surface area contributed by atoms with Gasteiger partial charge in [0, 0.05) is 17.0 Å². The van der Waals surface area contributed by atoms with Crippen LogP contribution in [-0.4, -0.2) is 30.6 Å². The minimum atomic E-state index is -3.96. The number of sulfonamides is 1. The Balaban J connectivity index is 1.61. The van der Waals surface area contributed by atoms with Gasteiger partial charge < -0.3 is 9.73 Å². The van der Waals surface area contributed by atoms with Crippen LogP contribution in [0.2, 0.25) is 0 Å². The average Bonchev–Trinajstić information content (AvgIpc) is 3.18. The van der Waals surface area contributed by atoms with Gasteiger partial charge in [0.1, 0.15) is 16.2 Å². The van der Waals surface area contributed by atoms with Gasteiger partial charge in [-0.05, 0) is 51.1 Å². The number of benzene rings is 2. The Morgan fingerprint density at radius 3 is 2.48 bits per heavy atom. The lowest BCUT2D eigenvalue weighted by molar-refractivity contribution is 0.0845. The van der Waals surface area contributed by atoms with Crippen molar-refractivity contribution in [2.24, 2.45) is 0 Å². The molecule has 2 heterocycles. The predicted molar refractivity (Wildman–Crippen MR) is 107 cm³/mol. The second kappa shape index (κ2) is 6.73. The summed E-state index contributed by atoms with van der Waals surface area (Å²) in [6.45, 7) is 5.04. The van der Waals surface area contributed by atoms with Crippen molar-refractivity contribution < 1.29 is 22.4 Å². The van der Waals surface area contributed by atoms with Crippen LogP contribution in [0.15, 0.2) is 57.8 Å².